The first-order chi connectivity index (χ1) is 10.2. The number of hydrogen-bond donors (Lipinski definition) is 1. The first kappa shape index (κ1) is 18.2. The summed E-state index contributed by atoms with van der Waals surface area (Å²) in [6, 6.07) is 0. The molecule has 0 spiro atoms. The molecule has 2 fully saturated rings. The third-order valence-electron chi connectivity index (χ3n) is 5.81. The maximum atomic E-state index is 11.0. The molecule has 2 saturated carbocycles. The summed E-state index contributed by atoms with van der Waals surface area (Å²) in [5, 5.41) is 11.0. The molecule has 1 N–H and O–H groups in total. The van der Waals surface area contributed by atoms with Crippen molar-refractivity contribution in [2.45, 2.75) is 78.0 Å². The van der Waals surface area contributed by atoms with Crippen LogP contribution in [0.4, 0.5) is 0 Å². The molecule has 0 aromatic carbocycles. The van der Waals surface area contributed by atoms with Gasteiger partial charge < -0.3 is 5.11 Å². The van der Waals surface area contributed by atoms with Crippen LogP contribution >= 0.6 is 8.58 Å². The summed E-state index contributed by atoms with van der Waals surface area (Å²) < 4.78 is 0. The molecule has 0 aromatic rings. The molecular formula is C20H35OP. The fourth-order valence-electron chi connectivity index (χ4n) is 4.40. The Labute approximate surface area is 139 Å². The molecule has 2 bridgehead atoms. The van der Waals surface area contributed by atoms with Crippen LogP contribution in [0.2, 0.25) is 0 Å². The van der Waals surface area contributed by atoms with E-state index in [0.717, 1.165) is 20.9 Å². The Kier molecular flexibility index (Phi) is 5.61. The van der Waals surface area contributed by atoms with E-state index >= 15 is 0 Å². The Hall–Kier alpha value is -0.130. The molecule has 2 heteroatoms. The monoisotopic (exact) mass is 322 g/mol. The van der Waals surface area contributed by atoms with Gasteiger partial charge in [0.1, 0.15) is 0 Å². The molecule has 0 heterocycles. The minimum absolute atomic E-state index is 0.379. The van der Waals surface area contributed by atoms with Crippen LogP contribution in [0.1, 0.15) is 66.7 Å². The number of allylic oxidation sites excluding steroid dienone is 3. The molecule has 5 unspecified atom stereocenters. The molecule has 2 aliphatic rings. The third-order valence-corrected chi connectivity index (χ3v) is 7.17. The van der Waals surface area contributed by atoms with Crippen LogP contribution in [0, 0.1) is 17.3 Å². The number of fused-ring (bicyclic) bond motifs is 2. The van der Waals surface area contributed by atoms with Gasteiger partial charge in [-0.1, -0.05) is 38.5 Å². The molecule has 2 aliphatic carbocycles. The predicted molar refractivity (Wildman–Crippen MR) is 100 cm³/mol. The Morgan fingerprint density at radius 1 is 1.27 bits per heavy atom. The maximum absolute atomic E-state index is 11.0. The fraction of sp³-hybridized carbons (Fsp3) is 0.800. The van der Waals surface area contributed by atoms with Crippen molar-refractivity contribution in [2.24, 2.45) is 17.3 Å². The Morgan fingerprint density at radius 2 is 1.95 bits per heavy atom. The van der Waals surface area contributed by atoms with Crippen molar-refractivity contribution >= 4 is 8.58 Å². The van der Waals surface area contributed by atoms with Crippen molar-refractivity contribution in [1.29, 1.82) is 0 Å². The van der Waals surface area contributed by atoms with Crippen LogP contribution in [-0.4, -0.2) is 23.0 Å². The van der Waals surface area contributed by atoms with Gasteiger partial charge in [0.2, 0.25) is 0 Å². The van der Waals surface area contributed by atoms with E-state index in [4.69, 9.17) is 0 Å². The van der Waals surface area contributed by atoms with Gasteiger partial charge in [-0.25, -0.2) is 0 Å². The first-order valence-electron chi connectivity index (χ1n) is 8.91. The summed E-state index contributed by atoms with van der Waals surface area (Å²) in [5.74, 6) is 1.29. The zero-order chi connectivity index (χ0) is 16.5. The molecular weight excluding hydrogens is 287 g/mol. The molecule has 2 rings (SSSR count). The van der Waals surface area contributed by atoms with Gasteiger partial charge in [-0.15, -0.1) is 8.58 Å². The summed E-state index contributed by atoms with van der Waals surface area (Å²) >= 11 is 0. The van der Waals surface area contributed by atoms with Crippen LogP contribution in [-0.2, 0) is 0 Å². The molecule has 0 amide bonds. The van der Waals surface area contributed by atoms with Gasteiger partial charge in [-0.3, -0.25) is 0 Å². The first-order valence-corrected chi connectivity index (χ1v) is 10.5. The van der Waals surface area contributed by atoms with Crippen LogP contribution in [0.5, 0.6) is 0 Å². The minimum atomic E-state index is -0.506. The lowest BCUT2D eigenvalue weighted by Gasteiger charge is -2.33. The predicted octanol–water partition coefficient (Wildman–Crippen LogP) is 5.54. The molecule has 0 saturated heterocycles. The second-order valence-electron chi connectivity index (χ2n) is 8.87. The number of hydrogen-bond acceptors (Lipinski definition) is 1. The molecule has 5 atom stereocenters. The molecule has 22 heavy (non-hydrogen) atoms. The molecule has 126 valence electrons. The van der Waals surface area contributed by atoms with E-state index in [-0.39, 0.29) is 0 Å². The van der Waals surface area contributed by atoms with Crippen molar-refractivity contribution in [2.75, 3.05) is 6.66 Å². The van der Waals surface area contributed by atoms with Crippen molar-refractivity contribution in [3.05, 3.63) is 23.3 Å². The lowest BCUT2D eigenvalue weighted by molar-refractivity contribution is 0.0225. The summed E-state index contributed by atoms with van der Waals surface area (Å²) in [7, 11) is 0.948. The van der Waals surface area contributed by atoms with Gasteiger partial charge >= 0.3 is 0 Å². The molecule has 0 radical (unpaired) electrons. The second-order valence-corrected chi connectivity index (χ2v) is 10.1. The van der Waals surface area contributed by atoms with Crippen molar-refractivity contribution in [1.82, 2.24) is 0 Å². The largest absolute Gasteiger partial charge is 0.385 e. The fourth-order valence-corrected chi connectivity index (χ4v) is 5.77. The smallest absolute Gasteiger partial charge is 0.0887 e. The lowest BCUT2D eigenvalue weighted by atomic mass is 9.79. The normalized spacial score (nSPS) is 34.9. The van der Waals surface area contributed by atoms with Gasteiger partial charge in [0, 0.05) is 0 Å². The molecule has 1 nitrogen and oxygen atoms in total. The van der Waals surface area contributed by atoms with E-state index in [9.17, 15) is 5.11 Å². The van der Waals surface area contributed by atoms with Gasteiger partial charge in [-0.05, 0) is 81.1 Å². The summed E-state index contributed by atoms with van der Waals surface area (Å²) in [4.78, 5) is 0. The zero-order valence-electron chi connectivity index (χ0n) is 15.4. The van der Waals surface area contributed by atoms with E-state index in [1.807, 2.05) is 0 Å². The highest BCUT2D eigenvalue weighted by Gasteiger charge is 2.50. The lowest BCUT2D eigenvalue weighted by Crippen LogP contribution is -2.36. The standard InChI is InChI=1S/C20H35OP/c1-14(18(22-6)13-19(3,4)5)7-8-15(2)20(21)12-16-9-10-17(20)11-16/h7-8,16-18,21-22H,9-13H2,1-6H3/b14-7+,15-8+. The highest BCUT2D eigenvalue weighted by atomic mass is 31.1. The van der Waals surface area contributed by atoms with Crippen LogP contribution < -0.4 is 0 Å². The zero-order valence-corrected chi connectivity index (χ0v) is 16.4. The highest BCUT2D eigenvalue weighted by Crippen LogP contribution is 2.53. The number of aliphatic hydroxyl groups is 1. The Bertz CT molecular complexity index is 457. The van der Waals surface area contributed by atoms with Gasteiger partial charge in [0.15, 0.2) is 0 Å². The number of rotatable bonds is 5. The van der Waals surface area contributed by atoms with Crippen LogP contribution in [0.3, 0.4) is 0 Å². The van der Waals surface area contributed by atoms with Gasteiger partial charge in [-0.2, -0.15) is 0 Å². The van der Waals surface area contributed by atoms with Crippen LogP contribution in [0.15, 0.2) is 23.3 Å². The van der Waals surface area contributed by atoms with Crippen molar-refractivity contribution in [3.8, 4) is 0 Å². The van der Waals surface area contributed by atoms with E-state index in [1.165, 1.54) is 36.8 Å². The highest BCUT2D eigenvalue weighted by molar-refractivity contribution is 7.38. The maximum Gasteiger partial charge on any atom is 0.0887 e. The van der Waals surface area contributed by atoms with Crippen molar-refractivity contribution in [3.63, 3.8) is 0 Å². The summed E-state index contributed by atoms with van der Waals surface area (Å²) in [6.45, 7) is 13.7. The SMILES string of the molecule is CPC(CC(C)(C)C)/C(C)=C/C=C(\C)C1(O)CC2CCC1C2. The van der Waals surface area contributed by atoms with Gasteiger partial charge in [0.25, 0.3) is 0 Å². The topological polar surface area (TPSA) is 20.2 Å². The van der Waals surface area contributed by atoms with E-state index in [1.54, 1.807) is 0 Å². The van der Waals surface area contributed by atoms with Crippen molar-refractivity contribution < 1.29 is 5.11 Å². The van der Waals surface area contributed by atoms with E-state index in [2.05, 4.69) is 53.4 Å². The second kappa shape index (κ2) is 6.78. The molecule has 0 aromatic heterocycles. The average Bonchev–Trinajstić information content (AvgIpc) is 3.01. The average molecular weight is 322 g/mol. The van der Waals surface area contributed by atoms with E-state index in [0.29, 0.717) is 17.0 Å². The summed E-state index contributed by atoms with van der Waals surface area (Å²) in [6.07, 6.45) is 10.5. The van der Waals surface area contributed by atoms with Gasteiger partial charge in [0.05, 0.1) is 5.60 Å². The Morgan fingerprint density at radius 3 is 2.41 bits per heavy atom. The molecule has 0 aliphatic heterocycles. The van der Waals surface area contributed by atoms with E-state index < -0.39 is 5.60 Å². The third kappa shape index (κ3) is 4.04. The minimum Gasteiger partial charge on any atom is -0.385 e. The van der Waals surface area contributed by atoms with Crippen LogP contribution in [0.25, 0.3) is 0 Å². The Balaban J connectivity index is 2.08. The quantitative estimate of drug-likeness (QED) is 0.520. The summed E-state index contributed by atoms with van der Waals surface area (Å²) in [5.41, 5.74) is 3.21.